The van der Waals surface area contributed by atoms with Crippen molar-refractivity contribution in [3.05, 3.63) is 95.7 Å². The third-order valence-electron chi connectivity index (χ3n) is 4.07. The fourth-order valence-electron chi connectivity index (χ4n) is 2.74. The average molecular weight is 358 g/mol. The lowest BCUT2D eigenvalue weighted by atomic mass is 10.1. The number of benzene rings is 3. The maximum atomic E-state index is 12.5. The van der Waals surface area contributed by atoms with Crippen LogP contribution in [0, 0.1) is 0 Å². The number of phenols is 1. The lowest BCUT2D eigenvalue weighted by molar-refractivity contribution is 0.0734. The highest BCUT2D eigenvalue weighted by molar-refractivity contribution is 6.09. The molecule has 0 amide bonds. The highest BCUT2D eigenvalue weighted by Gasteiger charge is 2.18. The molecule has 27 heavy (non-hydrogen) atoms. The first-order valence-electron chi connectivity index (χ1n) is 8.25. The molecule has 0 aliphatic carbocycles. The zero-order valence-electron chi connectivity index (χ0n) is 14.1. The molecule has 0 bridgehead atoms. The quantitative estimate of drug-likeness (QED) is 0.328. The monoisotopic (exact) mass is 358 g/mol. The molecule has 0 aliphatic rings. The Balaban J connectivity index is 1.66. The first-order valence-corrected chi connectivity index (χ1v) is 8.25. The normalized spacial score (nSPS) is 10.7. The first kappa shape index (κ1) is 16.6. The minimum Gasteiger partial charge on any atom is -0.507 e. The van der Waals surface area contributed by atoms with Crippen LogP contribution in [0.4, 0.5) is 0 Å². The fourth-order valence-corrected chi connectivity index (χ4v) is 2.74. The van der Waals surface area contributed by atoms with Crippen LogP contribution in [0.2, 0.25) is 0 Å². The van der Waals surface area contributed by atoms with E-state index in [0.29, 0.717) is 16.5 Å². The molecule has 0 fully saturated rings. The summed E-state index contributed by atoms with van der Waals surface area (Å²) in [5.74, 6) is -0.769. The summed E-state index contributed by atoms with van der Waals surface area (Å²) in [6.07, 6.45) is 0. The van der Waals surface area contributed by atoms with Crippen molar-refractivity contribution < 1.29 is 23.8 Å². The molecule has 0 radical (unpaired) electrons. The molecular formula is C22H14O5. The van der Waals surface area contributed by atoms with Gasteiger partial charge in [0.2, 0.25) is 5.78 Å². The molecule has 0 aliphatic heterocycles. The van der Waals surface area contributed by atoms with Gasteiger partial charge in [0.25, 0.3) is 0 Å². The molecule has 4 aromatic rings. The van der Waals surface area contributed by atoms with Gasteiger partial charge >= 0.3 is 5.97 Å². The largest absolute Gasteiger partial charge is 0.507 e. The van der Waals surface area contributed by atoms with Crippen LogP contribution in [0.15, 0.2) is 83.3 Å². The highest BCUT2D eigenvalue weighted by atomic mass is 16.5. The topological polar surface area (TPSA) is 76.7 Å². The van der Waals surface area contributed by atoms with E-state index in [4.69, 9.17) is 9.15 Å². The van der Waals surface area contributed by atoms with Crippen LogP contribution in [0.1, 0.15) is 26.5 Å². The number of furan rings is 1. The van der Waals surface area contributed by atoms with Gasteiger partial charge in [-0.25, -0.2) is 4.79 Å². The van der Waals surface area contributed by atoms with Gasteiger partial charge in [0, 0.05) is 17.7 Å². The zero-order chi connectivity index (χ0) is 18.8. The van der Waals surface area contributed by atoms with Crippen LogP contribution in [0.25, 0.3) is 11.0 Å². The maximum absolute atomic E-state index is 12.5. The predicted molar refractivity (Wildman–Crippen MR) is 99.2 cm³/mol. The molecule has 5 heteroatoms. The Hall–Kier alpha value is -3.86. The second-order valence-electron chi connectivity index (χ2n) is 5.92. The van der Waals surface area contributed by atoms with Crippen molar-refractivity contribution in [1.82, 2.24) is 0 Å². The molecule has 4 rings (SSSR count). The number of carbonyl (C=O) groups is 2. The molecule has 0 saturated heterocycles. The SMILES string of the molecule is O=C(Oc1cc(O)c2cc(C(=O)c3ccccc3)oc2c1)c1ccccc1. The van der Waals surface area contributed by atoms with Crippen LogP contribution in [-0.4, -0.2) is 16.9 Å². The van der Waals surface area contributed by atoms with Gasteiger partial charge in [-0.1, -0.05) is 48.5 Å². The van der Waals surface area contributed by atoms with Gasteiger partial charge < -0.3 is 14.3 Å². The van der Waals surface area contributed by atoms with E-state index in [2.05, 4.69) is 0 Å². The molecule has 1 aromatic heterocycles. The molecule has 0 unspecified atom stereocenters. The number of carbonyl (C=O) groups excluding carboxylic acids is 2. The van der Waals surface area contributed by atoms with Gasteiger partial charge in [-0.2, -0.15) is 0 Å². The second kappa shape index (κ2) is 6.80. The standard InChI is InChI=1S/C22H14O5/c23-18-11-16(26-22(25)15-9-5-2-6-10-15)12-19-17(18)13-20(27-19)21(24)14-7-3-1-4-8-14/h1-13,23H. The summed E-state index contributed by atoms with van der Waals surface area (Å²) in [5, 5.41) is 10.6. The van der Waals surface area contributed by atoms with E-state index in [0.717, 1.165) is 0 Å². The Labute approximate surface area is 154 Å². The number of rotatable bonds is 4. The van der Waals surface area contributed by atoms with E-state index in [1.54, 1.807) is 54.6 Å². The Morgan fingerprint density at radius 1 is 0.815 bits per heavy atom. The van der Waals surface area contributed by atoms with E-state index < -0.39 is 5.97 Å². The number of esters is 1. The van der Waals surface area contributed by atoms with Crippen LogP contribution in [0.3, 0.4) is 0 Å². The predicted octanol–water partition coefficient (Wildman–Crippen LogP) is 4.59. The summed E-state index contributed by atoms with van der Waals surface area (Å²) >= 11 is 0. The van der Waals surface area contributed by atoms with Gasteiger partial charge in [-0.3, -0.25) is 4.79 Å². The molecule has 0 saturated carbocycles. The molecule has 1 N–H and O–H groups in total. The molecule has 0 atom stereocenters. The van der Waals surface area contributed by atoms with Crippen LogP contribution in [-0.2, 0) is 0 Å². The first-order chi connectivity index (χ1) is 13.1. The van der Waals surface area contributed by atoms with Crippen LogP contribution in [0.5, 0.6) is 11.5 Å². The molecule has 1 heterocycles. The zero-order valence-corrected chi connectivity index (χ0v) is 14.1. The number of aromatic hydroxyl groups is 1. The summed E-state index contributed by atoms with van der Waals surface area (Å²) in [6, 6.07) is 21.5. The Morgan fingerprint density at radius 3 is 2.11 bits per heavy atom. The van der Waals surface area contributed by atoms with Crippen molar-refractivity contribution in [3.63, 3.8) is 0 Å². The molecule has 5 nitrogen and oxygen atoms in total. The third kappa shape index (κ3) is 3.30. The smallest absolute Gasteiger partial charge is 0.343 e. The minimum absolute atomic E-state index is 0.0954. The van der Waals surface area contributed by atoms with Crippen molar-refractivity contribution in [3.8, 4) is 11.5 Å². The van der Waals surface area contributed by atoms with Gasteiger partial charge in [0.05, 0.1) is 10.9 Å². The molecule has 0 spiro atoms. The van der Waals surface area contributed by atoms with Crippen molar-refractivity contribution in [1.29, 1.82) is 0 Å². The minimum atomic E-state index is -0.554. The molecule has 3 aromatic carbocycles. The highest BCUT2D eigenvalue weighted by Crippen LogP contribution is 2.33. The van der Waals surface area contributed by atoms with Gasteiger partial charge in [0.1, 0.15) is 17.1 Å². The Bertz CT molecular complexity index is 1130. The average Bonchev–Trinajstić information content (AvgIpc) is 3.13. The summed E-state index contributed by atoms with van der Waals surface area (Å²) < 4.78 is 10.9. The number of phenolic OH excluding ortho intramolecular Hbond substituents is 1. The Morgan fingerprint density at radius 2 is 1.44 bits per heavy atom. The van der Waals surface area contributed by atoms with Crippen molar-refractivity contribution >= 4 is 22.7 Å². The number of fused-ring (bicyclic) bond motifs is 1. The van der Waals surface area contributed by atoms with E-state index in [-0.39, 0.29) is 28.6 Å². The van der Waals surface area contributed by atoms with Gasteiger partial charge in [0.15, 0.2) is 5.76 Å². The lowest BCUT2D eigenvalue weighted by Crippen LogP contribution is -2.07. The number of ether oxygens (including phenoxy) is 1. The summed E-state index contributed by atoms with van der Waals surface area (Å²) in [5.41, 5.74) is 1.12. The summed E-state index contributed by atoms with van der Waals surface area (Å²) in [4.78, 5) is 24.7. The van der Waals surface area contributed by atoms with E-state index in [9.17, 15) is 14.7 Å². The number of hydrogen-bond donors (Lipinski definition) is 1. The van der Waals surface area contributed by atoms with Gasteiger partial charge in [-0.15, -0.1) is 0 Å². The summed E-state index contributed by atoms with van der Waals surface area (Å²) in [7, 11) is 0. The number of hydrogen-bond acceptors (Lipinski definition) is 5. The van der Waals surface area contributed by atoms with Crippen molar-refractivity contribution in [2.24, 2.45) is 0 Å². The maximum Gasteiger partial charge on any atom is 0.343 e. The second-order valence-corrected chi connectivity index (χ2v) is 5.92. The lowest BCUT2D eigenvalue weighted by Gasteiger charge is -2.05. The summed E-state index contributed by atoms with van der Waals surface area (Å²) in [6.45, 7) is 0. The number of ketones is 1. The third-order valence-corrected chi connectivity index (χ3v) is 4.07. The van der Waals surface area contributed by atoms with Gasteiger partial charge in [-0.05, 0) is 18.2 Å². The van der Waals surface area contributed by atoms with Crippen LogP contribution >= 0.6 is 0 Å². The van der Waals surface area contributed by atoms with E-state index >= 15 is 0 Å². The fraction of sp³-hybridized carbons (Fsp3) is 0. The van der Waals surface area contributed by atoms with Crippen molar-refractivity contribution in [2.45, 2.75) is 0 Å². The van der Waals surface area contributed by atoms with E-state index in [1.165, 1.54) is 18.2 Å². The van der Waals surface area contributed by atoms with Crippen molar-refractivity contribution in [2.75, 3.05) is 0 Å². The Kier molecular flexibility index (Phi) is 4.18. The van der Waals surface area contributed by atoms with Crippen LogP contribution < -0.4 is 4.74 Å². The molecular weight excluding hydrogens is 344 g/mol. The molecule has 132 valence electrons. The van der Waals surface area contributed by atoms with E-state index in [1.807, 2.05) is 6.07 Å².